The van der Waals surface area contributed by atoms with E-state index >= 15 is 0 Å². The summed E-state index contributed by atoms with van der Waals surface area (Å²) in [5, 5.41) is 22.7. The third kappa shape index (κ3) is 26.0. The average Bonchev–Trinajstić information content (AvgIpc) is 2.92. The van der Waals surface area contributed by atoms with Gasteiger partial charge in [-0.3, -0.25) is 4.79 Å². The van der Waals surface area contributed by atoms with E-state index in [0.29, 0.717) is 6.42 Å². The summed E-state index contributed by atoms with van der Waals surface area (Å²) in [5.74, 6) is -0.0945. The van der Waals surface area contributed by atoms with Crippen molar-refractivity contribution in [1.29, 1.82) is 0 Å². The number of carbonyl (C=O) groups is 1. The molecule has 1 amide bonds. The van der Waals surface area contributed by atoms with Crippen LogP contribution in [0.4, 0.5) is 0 Å². The molecule has 0 saturated carbocycles. The zero-order valence-corrected chi connectivity index (χ0v) is 24.9. The molecule has 0 aliphatic rings. The fourth-order valence-electron chi connectivity index (χ4n) is 4.27. The second-order valence-electron chi connectivity index (χ2n) is 10.5. The van der Waals surface area contributed by atoms with E-state index in [9.17, 15) is 15.0 Å². The van der Waals surface area contributed by atoms with E-state index in [4.69, 9.17) is 0 Å². The second-order valence-corrected chi connectivity index (χ2v) is 10.5. The Morgan fingerprint density at radius 3 is 1.63 bits per heavy atom. The van der Waals surface area contributed by atoms with Crippen LogP contribution < -0.4 is 5.32 Å². The van der Waals surface area contributed by atoms with Crippen molar-refractivity contribution in [2.45, 2.75) is 154 Å². The monoisotopic (exact) mass is 531 g/mol. The van der Waals surface area contributed by atoms with Gasteiger partial charge in [-0.05, 0) is 64.2 Å². The summed E-state index contributed by atoms with van der Waals surface area (Å²) in [4.78, 5) is 12.2. The molecule has 0 bridgehead atoms. The van der Waals surface area contributed by atoms with E-state index in [1.807, 2.05) is 6.08 Å². The number of amides is 1. The molecule has 0 aliphatic carbocycles. The topological polar surface area (TPSA) is 69.6 Å². The van der Waals surface area contributed by atoms with Crippen LogP contribution in [0.5, 0.6) is 0 Å². The zero-order chi connectivity index (χ0) is 27.9. The average molecular weight is 532 g/mol. The molecule has 3 N–H and O–H groups in total. The van der Waals surface area contributed by atoms with E-state index in [-0.39, 0.29) is 12.5 Å². The molecule has 0 aromatic carbocycles. The predicted octanol–water partition coefficient (Wildman–Crippen LogP) is 8.89. The smallest absolute Gasteiger partial charge is 0.220 e. The predicted molar refractivity (Wildman–Crippen MR) is 165 cm³/mol. The van der Waals surface area contributed by atoms with Gasteiger partial charge in [0.15, 0.2) is 0 Å². The Kier molecular flexibility index (Phi) is 28.6. The normalized spacial score (nSPS) is 13.9. The number of hydrogen-bond donors (Lipinski definition) is 3. The van der Waals surface area contributed by atoms with Gasteiger partial charge in [0.2, 0.25) is 5.91 Å². The second kappa shape index (κ2) is 29.9. The molecule has 0 aromatic heterocycles. The zero-order valence-electron chi connectivity index (χ0n) is 24.9. The number of allylic oxidation sites excluding steroid dienone is 7. The number of rotatable bonds is 27. The molecule has 0 aromatic rings. The quantitative estimate of drug-likeness (QED) is 0.0732. The summed E-state index contributed by atoms with van der Waals surface area (Å²) in [6, 6.07) is -0.646. The Labute approximate surface area is 235 Å². The lowest BCUT2D eigenvalue weighted by Gasteiger charge is -2.19. The molecule has 4 heteroatoms. The van der Waals surface area contributed by atoms with Gasteiger partial charge in [0.25, 0.3) is 0 Å². The maximum atomic E-state index is 12.2. The highest BCUT2D eigenvalue weighted by Crippen LogP contribution is 2.09. The SMILES string of the molecule is CCC/C=C\CCCCCCCC(=O)NC(CO)C(O)/C=C/CC/C=C/CC/C=C/CCCCCCCC. The van der Waals surface area contributed by atoms with Gasteiger partial charge >= 0.3 is 0 Å². The van der Waals surface area contributed by atoms with E-state index in [1.165, 1.54) is 70.6 Å². The first kappa shape index (κ1) is 36.4. The molecule has 0 fully saturated rings. The third-order valence-corrected chi connectivity index (χ3v) is 6.74. The van der Waals surface area contributed by atoms with Crippen molar-refractivity contribution in [3.05, 3.63) is 48.6 Å². The van der Waals surface area contributed by atoms with Gasteiger partial charge in [0.1, 0.15) is 0 Å². The van der Waals surface area contributed by atoms with Crippen LogP contribution in [0.15, 0.2) is 48.6 Å². The lowest BCUT2D eigenvalue weighted by Crippen LogP contribution is -2.45. The minimum absolute atomic E-state index is 0.0945. The third-order valence-electron chi connectivity index (χ3n) is 6.74. The maximum absolute atomic E-state index is 12.2. The number of hydrogen-bond acceptors (Lipinski definition) is 3. The van der Waals surface area contributed by atoms with Crippen molar-refractivity contribution in [2.24, 2.45) is 0 Å². The lowest BCUT2D eigenvalue weighted by molar-refractivity contribution is -0.123. The summed E-state index contributed by atoms with van der Waals surface area (Å²) in [6.07, 6.45) is 39.0. The molecule has 0 heterocycles. The maximum Gasteiger partial charge on any atom is 0.220 e. The fraction of sp³-hybridized carbons (Fsp3) is 0.735. The van der Waals surface area contributed by atoms with Gasteiger partial charge in [-0.1, -0.05) is 120 Å². The van der Waals surface area contributed by atoms with Gasteiger partial charge in [-0.25, -0.2) is 0 Å². The molecule has 0 radical (unpaired) electrons. The molecule has 2 unspecified atom stereocenters. The van der Waals surface area contributed by atoms with Crippen molar-refractivity contribution in [1.82, 2.24) is 5.32 Å². The van der Waals surface area contributed by atoms with E-state index < -0.39 is 12.1 Å². The molecular weight excluding hydrogens is 470 g/mol. The van der Waals surface area contributed by atoms with Gasteiger partial charge < -0.3 is 15.5 Å². The summed E-state index contributed by atoms with van der Waals surface area (Å²) in [7, 11) is 0. The first-order valence-electron chi connectivity index (χ1n) is 15.9. The molecule has 0 rings (SSSR count). The van der Waals surface area contributed by atoms with Gasteiger partial charge in [0.05, 0.1) is 18.8 Å². The minimum atomic E-state index is -0.870. The molecule has 220 valence electrons. The Balaban J connectivity index is 3.79. The standard InChI is InChI=1S/C34H61NO3/c1-3-5-7-9-11-13-15-16-17-18-19-20-21-23-25-27-29-33(37)32(31-36)35-34(38)30-28-26-24-22-14-12-10-8-6-4-2/h8,10,16-17,20-21,27,29,32-33,36-37H,3-7,9,11-15,18-19,22-26,28,30-31H2,1-2H3,(H,35,38)/b10-8-,17-16+,21-20+,29-27+. The van der Waals surface area contributed by atoms with Crippen LogP contribution in [0, 0.1) is 0 Å². The van der Waals surface area contributed by atoms with Crippen LogP contribution in [0.2, 0.25) is 0 Å². The van der Waals surface area contributed by atoms with E-state index in [0.717, 1.165) is 51.4 Å². The minimum Gasteiger partial charge on any atom is -0.394 e. The van der Waals surface area contributed by atoms with Crippen LogP contribution in [0.25, 0.3) is 0 Å². The summed E-state index contributed by atoms with van der Waals surface area (Å²) >= 11 is 0. The largest absolute Gasteiger partial charge is 0.394 e. The molecule has 4 nitrogen and oxygen atoms in total. The Morgan fingerprint density at radius 2 is 1.08 bits per heavy atom. The summed E-state index contributed by atoms with van der Waals surface area (Å²) < 4.78 is 0. The molecule has 0 aliphatic heterocycles. The molecule has 38 heavy (non-hydrogen) atoms. The van der Waals surface area contributed by atoms with Crippen molar-refractivity contribution >= 4 is 5.91 Å². The number of nitrogens with one attached hydrogen (secondary N) is 1. The van der Waals surface area contributed by atoms with Crippen LogP contribution in [-0.2, 0) is 4.79 Å². The Bertz CT molecular complexity index is 623. The summed E-state index contributed by atoms with van der Waals surface area (Å²) in [6.45, 7) is 4.18. The van der Waals surface area contributed by atoms with Crippen molar-refractivity contribution in [2.75, 3.05) is 6.61 Å². The van der Waals surface area contributed by atoms with E-state index in [1.54, 1.807) is 6.08 Å². The molecule has 2 atom stereocenters. The highest BCUT2D eigenvalue weighted by atomic mass is 16.3. The number of aliphatic hydroxyl groups excluding tert-OH is 2. The van der Waals surface area contributed by atoms with Crippen molar-refractivity contribution in [3.8, 4) is 0 Å². The van der Waals surface area contributed by atoms with Crippen molar-refractivity contribution in [3.63, 3.8) is 0 Å². The number of aliphatic hydroxyl groups is 2. The van der Waals surface area contributed by atoms with Gasteiger partial charge in [0, 0.05) is 6.42 Å². The summed E-state index contributed by atoms with van der Waals surface area (Å²) in [5.41, 5.74) is 0. The van der Waals surface area contributed by atoms with Crippen LogP contribution >= 0.6 is 0 Å². The molecular formula is C34H61NO3. The molecule has 0 saturated heterocycles. The van der Waals surface area contributed by atoms with Crippen LogP contribution in [0.3, 0.4) is 0 Å². The lowest BCUT2D eigenvalue weighted by atomic mass is 10.1. The first-order valence-corrected chi connectivity index (χ1v) is 15.9. The highest BCUT2D eigenvalue weighted by Gasteiger charge is 2.17. The number of carbonyl (C=O) groups excluding carboxylic acids is 1. The van der Waals surface area contributed by atoms with Gasteiger partial charge in [-0.15, -0.1) is 0 Å². The van der Waals surface area contributed by atoms with Gasteiger partial charge in [-0.2, -0.15) is 0 Å². The van der Waals surface area contributed by atoms with E-state index in [2.05, 4.69) is 55.6 Å². The Morgan fingerprint density at radius 1 is 0.605 bits per heavy atom. The van der Waals surface area contributed by atoms with Crippen LogP contribution in [0.1, 0.15) is 142 Å². The first-order chi connectivity index (χ1) is 18.7. The molecule has 0 spiro atoms. The van der Waals surface area contributed by atoms with Crippen molar-refractivity contribution < 1.29 is 15.0 Å². The highest BCUT2D eigenvalue weighted by molar-refractivity contribution is 5.76. The fourth-order valence-corrected chi connectivity index (χ4v) is 4.27. The number of unbranched alkanes of at least 4 members (excludes halogenated alkanes) is 14. The van der Waals surface area contributed by atoms with Crippen LogP contribution in [-0.4, -0.2) is 34.9 Å². The Hall–Kier alpha value is -1.65.